The highest BCUT2D eigenvalue weighted by Crippen LogP contribution is 2.15. The summed E-state index contributed by atoms with van der Waals surface area (Å²) in [6.07, 6.45) is 0. The van der Waals surface area contributed by atoms with Crippen molar-refractivity contribution in [1.29, 1.82) is 0 Å². The zero-order valence-electron chi connectivity index (χ0n) is 7.08. The van der Waals surface area contributed by atoms with Crippen LogP contribution in [-0.4, -0.2) is 17.6 Å². The fraction of sp³-hybridized carbons (Fsp3) is 0.250. The van der Waals surface area contributed by atoms with Crippen molar-refractivity contribution in [2.45, 2.75) is 6.92 Å². The fourth-order valence-corrected chi connectivity index (χ4v) is 0.882. The van der Waals surface area contributed by atoms with Crippen LogP contribution in [0.15, 0.2) is 12.1 Å². The van der Waals surface area contributed by atoms with E-state index >= 15 is 0 Å². The highest BCUT2D eigenvalue weighted by Gasteiger charge is 2.09. The molecule has 4 nitrogen and oxygen atoms in total. The Balaban J connectivity index is 2.90. The number of aromatic nitrogens is 1. The molecule has 0 saturated heterocycles. The average Bonchev–Trinajstić information content (AvgIpc) is 2.10. The van der Waals surface area contributed by atoms with E-state index in [0.29, 0.717) is 11.6 Å². The molecule has 13 heavy (non-hydrogen) atoms. The Labute approximate surface area is 80.7 Å². The van der Waals surface area contributed by atoms with Crippen LogP contribution in [0.4, 0.5) is 5.82 Å². The van der Waals surface area contributed by atoms with Crippen molar-refractivity contribution in [3.63, 3.8) is 0 Å². The number of anilines is 1. The molecule has 70 valence electrons. The van der Waals surface area contributed by atoms with Gasteiger partial charge in [0.25, 0.3) is 0 Å². The second-order valence-electron chi connectivity index (χ2n) is 2.28. The molecule has 1 rings (SSSR count). The molecule has 5 heteroatoms. The van der Waals surface area contributed by atoms with Crippen LogP contribution in [-0.2, 0) is 4.74 Å². The SMILES string of the molecule is CCOC(=O)c1ccc(Cl)c(N)n1. The topological polar surface area (TPSA) is 65.2 Å². The van der Waals surface area contributed by atoms with E-state index in [4.69, 9.17) is 22.1 Å². The fourth-order valence-electron chi connectivity index (χ4n) is 0.777. The molecule has 1 heterocycles. The molecule has 0 spiro atoms. The van der Waals surface area contributed by atoms with Gasteiger partial charge in [0.05, 0.1) is 11.6 Å². The van der Waals surface area contributed by atoms with Gasteiger partial charge in [0, 0.05) is 0 Å². The molecule has 0 unspecified atom stereocenters. The van der Waals surface area contributed by atoms with Crippen molar-refractivity contribution in [3.8, 4) is 0 Å². The van der Waals surface area contributed by atoms with Gasteiger partial charge in [-0.25, -0.2) is 9.78 Å². The van der Waals surface area contributed by atoms with Gasteiger partial charge >= 0.3 is 5.97 Å². The number of pyridine rings is 1. The maximum atomic E-state index is 11.1. The summed E-state index contributed by atoms with van der Waals surface area (Å²) in [5.41, 5.74) is 5.57. The summed E-state index contributed by atoms with van der Waals surface area (Å²) in [5, 5.41) is 0.327. The minimum atomic E-state index is -0.495. The van der Waals surface area contributed by atoms with Crippen LogP contribution >= 0.6 is 11.6 Å². The lowest BCUT2D eigenvalue weighted by Crippen LogP contribution is -2.08. The van der Waals surface area contributed by atoms with Gasteiger partial charge in [-0.2, -0.15) is 0 Å². The van der Waals surface area contributed by atoms with Crippen molar-refractivity contribution < 1.29 is 9.53 Å². The predicted octanol–water partition coefficient (Wildman–Crippen LogP) is 1.49. The van der Waals surface area contributed by atoms with Crippen LogP contribution < -0.4 is 5.73 Å². The van der Waals surface area contributed by atoms with Crippen molar-refractivity contribution in [1.82, 2.24) is 4.98 Å². The molecule has 0 bridgehead atoms. The highest BCUT2D eigenvalue weighted by atomic mass is 35.5. The van der Waals surface area contributed by atoms with Gasteiger partial charge in [-0.1, -0.05) is 11.6 Å². The van der Waals surface area contributed by atoms with E-state index in [2.05, 4.69) is 4.98 Å². The Morgan fingerprint density at radius 2 is 2.38 bits per heavy atom. The highest BCUT2D eigenvalue weighted by molar-refractivity contribution is 6.32. The van der Waals surface area contributed by atoms with Crippen LogP contribution in [0.3, 0.4) is 0 Å². The molecule has 0 amide bonds. The number of nitrogens with two attached hydrogens (primary N) is 1. The molecule has 0 fully saturated rings. The van der Waals surface area contributed by atoms with Gasteiger partial charge in [-0.3, -0.25) is 0 Å². The molecule has 2 N–H and O–H groups in total. The minimum absolute atomic E-state index is 0.132. The van der Waals surface area contributed by atoms with Crippen LogP contribution in [0.5, 0.6) is 0 Å². The second-order valence-corrected chi connectivity index (χ2v) is 2.69. The normalized spacial score (nSPS) is 9.69. The van der Waals surface area contributed by atoms with E-state index in [0.717, 1.165) is 0 Å². The Hall–Kier alpha value is -1.29. The molecule has 1 aromatic rings. The Kier molecular flexibility index (Phi) is 3.08. The number of hydrogen-bond donors (Lipinski definition) is 1. The number of carbonyl (C=O) groups excluding carboxylic acids is 1. The summed E-state index contributed by atoms with van der Waals surface area (Å²) in [4.78, 5) is 14.9. The zero-order chi connectivity index (χ0) is 9.84. The third-order valence-corrected chi connectivity index (χ3v) is 1.68. The van der Waals surface area contributed by atoms with Crippen LogP contribution in [0.2, 0.25) is 5.02 Å². The molecule has 0 saturated carbocycles. The third-order valence-electron chi connectivity index (χ3n) is 1.36. The van der Waals surface area contributed by atoms with Gasteiger partial charge in [0.2, 0.25) is 0 Å². The molecule has 0 atom stereocenters. The summed E-state index contributed by atoms with van der Waals surface area (Å²) < 4.78 is 4.72. The van der Waals surface area contributed by atoms with Gasteiger partial charge in [0.1, 0.15) is 5.82 Å². The summed E-state index contributed by atoms with van der Waals surface area (Å²) in [7, 11) is 0. The standard InChI is InChI=1S/C8H9ClN2O2/c1-2-13-8(12)6-4-3-5(9)7(10)11-6/h3-4H,2H2,1H3,(H2,10,11). The number of nitrogens with zero attached hydrogens (tertiary/aromatic N) is 1. The van der Waals surface area contributed by atoms with E-state index in [-0.39, 0.29) is 11.5 Å². The Morgan fingerprint density at radius 3 is 2.92 bits per heavy atom. The molecule has 0 aliphatic heterocycles. The average molecular weight is 201 g/mol. The van der Waals surface area contributed by atoms with E-state index in [1.807, 2.05) is 0 Å². The lowest BCUT2D eigenvalue weighted by molar-refractivity contribution is 0.0519. The number of hydrogen-bond acceptors (Lipinski definition) is 4. The molecular weight excluding hydrogens is 192 g/mol. The lowest BCUT2D eigenvalue weighted by Gasteiger charge is -2.02. The molecule has 0 aromatic carbocycles. The van der Waals surface area contributed by atoms with Crippen molar-refractivity contribution in [3.05, 3.63) is 22.8 Å². The lowest BCUT2D eigenvalue weighted by atomic mass is 10.3. The van der Waals surface area contributed by atoms with Crippen molar-refractivity contribution in [2.75, 3.05) is 12.3 Å². The Morgan fingerprint density at radius 1 is 1.69 bits per heavy atom. The monoisotopic (exact) mass is 200 g/mol. The van der Waals surface area contributed by atoms with Crippen molar-refractivity contribution in [2.24, 2.45) is 0 Å². The van der Waals surface area contributed by atoms with Gasteiger partial charge in [0.15, 0.2) is 5.69 Å². The van der Waals surface area contributed by atoms with E-state index in [9.17, 15) is 4.79 Å². The number of ether oxygens (including phenoxy) is 1. The molecule has 0 aliphatic rings. The first-order valence-corrected chi connectivity index (χ1v) is 4.12. The first-order valence-electron chi connectivity index (χ1n) is 3.74. The molecule has 1 aromatic heterocycles. The zero-order valence-corrected chi connectivity index (χ0v) is 7.84. The van der Waals surface area contributed by atoms with Gasteiger partial charge in [-0.15, -0.1) is 0 Å². The summed E-state index contributed by atoms with van der Waals surface area (Å²) in [5.74, 6) is -0.363. The van der Waals surface area contributed by atoms with E-state index in [1.54, 1.807) is 6.92 Å². The van der Waals surface area contributed by atoms with E-state index < -0.39 is 5.97 Å². The second kappa shape index (κ2) is 4.09. The maximum absolute atomic E-state index is 11.1. The first-order chi connectivity index (χ1) is 6.15. The number of rotatable bonds is 2. The minimum Gasteiger partial charge on any atom is -0.461 e. The number of carbonyl (C=O) groups is 1. The van der Waals surface area contributed by atoms with Crippen molar-refractivity contribution >= 4 is 23.4 Å². The maximum Gasteiger partial charge on any atom is 0.356 e. The molecular formula is C8H9ClN2O2. The first kappa shape index (κ1) is 9.80. The number of nitrogen functional groups attached to an aromatic ring is 1. The van der Waals surface area contributed by atoms with Crippen LogP contribution in [0, 0.1) is 0 Å². The summed E-state index contributed by atoms with van der Waals surface area (Å²) >= 11 is 5.62. The van der Waals surface area contributed by atoms with Gasteiger partial charge in [-0.05, 0) is 19.1 Å². The molecule has 0 aliphatic carbocycles. The van der Waals surface area contributed by atoms with Gasteiger partial charge < -0.3 is 10.5 Å². The third kappa shape index (κ3) is 2.32. The number of esters is 1. The largest absolute Gasteiger partial charge is 0.461 e. The smallest absolute Gasteiger partial charge is 0.356 e. The predicted molar refractivity (Wildman–Crippen MR) is 49.6 cm³/mol. The Bertz CT molecular complexity index is 328. The van der Waals surface area contributed by atoms with Crippen LogP contribution in [0.1, 0.15) is 17.4 Å². The van der Waals surface area contributed by atoms with Crippen LogP contribution in [0.25, 0.3) is 0 Å². The quantitative estimate of drug-likeness (QED) is 0.735. The molecule has 0 radical (unpaired) electrons. The summed E-state index contributed by atoms with van der Waals surface area (Å²) in [6, 6.07) is 2.98. The van der Waals surface area contributed by atoms with E-state index in [1.165, 1.54) is 12.1 Å². The number of halogens is 1. The summed E-state index contributed by atoms with van der Waals surface area (Å²) in [6.45, 7) is 2.03.